The minimum atomic E-state index is -0.311. The molecule has 0 bridgehead atoms. The van der Waals surface area contributed by atoms with Crippen LogP contribution in [0.15, 0.2) is 11.0 Å². The summed E-state index contributed by atoms with van der Waals surface area (Å²) in [6, 6.07) is -0.237. The van der Waals surface area contributed by atoms with Crippen LogP contribution in [0.3, 0.4) is 0 Å². The summed E-state index contributed by atoms with van der Waals surface area (Å²) in [4.78, 5) is 11.9. The number of rotatable bonds is 5. The highest BCUT2D eigenvalue weighted by molar-refractivity contribution is 6.32. The molecule has 2 N–H and O–H groups in total. The van der Waals surface area contributed by atoms with Crippen molar-refractivity contribution in [2.24, 2.45) is 0 Å². The highest BCUT2D eigenvalue weighted by Gasteiger charge is 2.14. The van der Waals surface area contributed by atoms with E-state index < -0.39 is 0 Å². The maximum absolute atomic E-state index is 11.9. The van der Waals surface area contributed by atoms with Crippen LogP contribution in [0.4, 0.5) is 5.69 Å². The molecule has 0 aliphatic heterocycles. The molecule has 2 aromatic rings. The molecule has 2 aromatic heterocycles. The van der Waals surface area contributed by atoms with Gasteiger partial charge in [0.2, 0.25) is 0 Å². The molecule has 8 nitrogen and oxygen atoms in total. The molecule has 2 heterocycles. The first kappa shape index (κ1) is 13.5. The molecule has 0 spiro atoms. The van der Waals surface area contributed by atoms with Gasteiger partial charge >= 0.3 is 0 Å². The lowest BCUT2D eigenvalue weighted by Gasteiger charge is -2.13. The third-order valence-corrected chi connectivity index (χ3v) is 2.91. The Morgan fingerprint density at radius 1 is 1.58 bits per heavy atom. The molecule has 0 aliphatic rings. The number of aromatic nitrogens is 6. The van der Waals surface area contributed by atoms with Crippen LogP contribution in [-0.2, 0) is 6.54 Å². The Labute approximate surface area is 114 Å². The maximum atomic E-state index is 11.9. The van der Waals surface area contributed by atoms with Gasteiger partial charge in [0.1, 0.15) is 5.02 Å². The van der Waals surface area contributed by atoms with E-state index >= 15 is 0 Å². The molecular weight excluding hydrogens is 270 g/mol. The lowest BCUT2D eigenvalue weighted by Crippen LogP contribution is -2.24. The second-order valence-corrected chi connectivity index (χ2v) is 4.41. The lowest BCUT2D eigenvalue weighted by atomic mass is 10.3. The normalized spacial score (nSPS) is 12.4. The minimum absolute atomic E-state index is 0.110. The molecule has 19 heavy (non-hydrogen) atoms. The Bertz CT molecular complexity index is 594. The quantitative estimate of drug-likeness (QED) is 0.848. The maximum Gasteiger partial charge on any atom is 0.287 e. The Balaban J connectivity index is 2.22. The third-order valence-electron chi connectivity index (χ3n) is 2.54. The summed E-state index contributed by atoms with van der Waals surface area (Å²) in [5, 5.41) is 20.7. The van der Waals surface area contributed by atoms with Gasteiger partial charge in [0, 0.05) is 6.54 Å². The van der Waals surface area contributed by atoms with Crippen LogP contribution in [0.25, 0.3) is 0 Å². The second-order valence-electron chi connectivity index (χ2n) is 4.04. The van der Waals surface area contributed by atoms with E-state index in [4.69, 9.17) is 11.6 Å². The summed E-state index contributed by atoms with van der Waals surface area (Å²) in [7, 11) is 0. The smallest absolute Gasteiger partial charge is 0.287 e. The Morgan fingerprint density at radius 3 is 3.00 bits per heavy atom. The first-order valence-electron chi connectivity index (χ1n) is 5.89. The average molecular weight is 284 g/mol. The zero-order chi connectivity index (χ0) is 13.8. The second kappa shape index (κ2) is 5.79. The number of nitrogens with one attached hydrogen (secondary N) is 2. The zero-order valence-corrected chi connectivity index (χ0v) is 11.3. The van der Waals surface area contributed by atoms with Gasteiger partial charge in [-0.15, -0.1) is 10.2 Å². The van der Waals surface area contributed by atoms with E-state index in [0.29, 0.717) is 18.1 Å². The molecular formula is C10H14ClN7O. The number of halogens is 1. The first-order valence-corrected chi connectivity index (χ1v) is 6.26. The van der Waals surface area contributed by atoms with Gasteiger partial charge in [-0.1, -0.05) is 23.7 Å². The largest absolute Gasteiger partial charge is 0.373 e. The molecule has 0 amide bonds. The van der Waals surface area contributed by atoms with Crippen LogP contribution in [0, 0.1) is 0 Å². The number of anilines is 1. The van der Waals surface area contributed by atoms with Crippen LogP contribution in [0.5, 0.6) is 0 Å². The molecule has 0 saturated carbocycles. The molecule has 0 fully saturated rings. The lowest BCUT2D eigenvalue weighted by molar-refractivity contribution is 0.568. The van der Waals surface area contributed by atoms with Gasteiger partial charge in [-0.3, -0.25) is 4.79 Å². The first-order chi connectivity index (χ1) is 9.13. The summed E-state index contributed by atoms with van der Waals surface area (Å²) < 4.78 is 1.34. The molecule has 1 atom stereocenters. The number of aryl methyl sites for hydroxylation is 1. The van der Waals surface area contributed by atoms with Crippen molar-refractivity contribution in [2.75, 3.05) is 5.32 Å². The molecule has 0 aliphatic carbocycles. The summed E-state index contributed by atoms with van der Waals surface area (Å²) in [5.74, 6) is 0.480. The predicted octanol–water partition coefficient (Wildman–Crippen LogP) is 0.993. The number of hydrogen-bond acceptors (Lipinski definition) is 6. The SMILES string of the molecule is CCCn1ncc(NC(C)c2nn[nH]n2)c(Cl)c1=O. The number of H-pyrrole nitrogens is 1. The number of tetrazole rings is 1. The van der Waals surface area contributed by atoms with Crippen LogP contribution in [0.2, 0.25) is 5.02 Å². The molecule has 2 rings (SSSR count). The zero-order valence-electron chi connectivity index (χ0n) is 10.6. The topological polar surface area (TPSA) is 101 Å². The van der Waals surface area contributed by atoms with Gasteiger partial charge in [-0.25, -0.2) is 4.68 Å². The fraction of sp³-hybridized carbons (Fsp3) is 0.500. The monoisotopic (exact) mass is 283 g/mol. The summed E-state index contributed by atoms with van der Waals surface area (Å²) in [6.45, 7) is 4.34. The van der Waals surface area contributed by atoms with E-state index in [0.717, 1.165) is 6.42 Å². The number of aromatic amines is 1. The van der Waals surface area contributed by atoms with Crippen LogP contribution < -0.4 is 10.9 Å². The third kappa shape index (κ3) is 2.90. The van der Waals surface area contributed by atoms with Gasteiger partial charge in [0.15, 0.2) is 5.82 Å². The highest BCUT2D eigenvalue weighted by Crippen LogP contribution is 2.20. The summed E-state index contributed by atoms with van der Waals surface area (Å²) in [5.41, 5.74) is 0.144. The Hall–Kier alpha value is -1.96. The van der Waals surface area contributed by atoms with Gasteiger partial charge in [-0.2, -0.15) is 10.3 Å². The van der Waals surface area contributed by atoms with E-state index in [1.54, 1.807) is 0 Å². The van der Waals surface area contributed by atoms with Crippen molar-refractivity contribution >= 4 is 17.3 Å². The van der Waals surface area contributed by atoms with E-state index in [9.17, 15) is 4.79 Å². The molecule has 0 saturated heterocycles. The summed E-state index contributed by atoms with van der Waals surface area (Å²) in [6.07, 6.45) is 2.34. The van der Waals surface area contributed by atoms with E-state index in [2.05, 4.69) is 31.0 Å². The van der Waals surface area contributed by atoms with Gasteiger partial charge in [-0.05, 0) is 13.3 Å². The molecule has 102 valence electrons. The van der Waals surface area contributed by atoms with Crippen molar-refractivity contribution in [1.82, 2.24) is 30.4 Å². The molecule has 1 unspecified atom stereocenters. The van der Waals surface area contributed by atoms with Crippen molar-refractivity contribution in [3.05, 3.63) is 27.4 Å². The Kier molecular flexibility index (Phi) is 4.10. The number of hydrogen-bond donors (Lipinski definition) is 2. The van der Waals surface area contributed by atoms with Crippen molar-refractivity contribution in [3.8, 4) is 0 Å². The standard InChI is InChI=1S/C10H14ClN7O/c1-3-4-18-10(19)8(11)7(5-12-18)13-6(2)9-14-16-17-15-9/h5-6,13H,3-4H2,1-2H3,(H,14,15,16,17). The van der Waals surface area contributed by atoms with Crippen molar-refractivity contribution in [1.29, 1.82) is 0 Å². The fourth-order valence-corrected chi connectivity index (χ4v) is 1.79. The highest BCUT2D eigenvalue weighted by atomic mass is 35.5. The Morgan fingerprint density at radius 2 is 2.37 bits per heavy atom. The van der Waals surface area contributed by atoms with Gasteiger partial charge in [0.25, 0.3) is 5.56 Å². The molecule has 0 radical (unpaired) electrons. The number of nitrogens with zero attached hydrogens (tertiary/aromatic N) is 5. The predicted molar refractivity (Wildman–Crippen MR) is 70.0 cm³/mol. The fourth-order valence-electron chi connectivity index (χ4n) is 1.59. The van der Waals surface area contributed by atoms with Crippen LogP contribution in [-0.4, -0.2) is 30.4 Å². The van der Waals surface area contributed by atoms with Crippen molar-refractivity contribution in [3.63, 3.8) is 0 Å². The van der Waals surface area contributed by atoms with Gasteiger partial charge < -0.3 is 5.32 Å². The molecule has 9 heteroatoms. The van der Waals surface area contributed by atoms with Crippen molar-refractivity contribution < 1.29 is 0 Å². The van der Waals surface area contributed by atoms with Crippen molar-refractivity contribution in [2.45, 2.75) is 32.9 Å². The van der Waals surface area contributed by atoms with E-state index in [1.165, 1.54) is 10.9 Å². The van der Waals surface area contributed by atoms with E-state index in [-0.39, 0.29) is 16.6 Å². The van der Waals surface area contributed by atoms with Gasteiger partial charge in [0.05, 0.1) is 17.9 Å². The van der Waals surface area contributed by atoms with Crippen LogP contribution >= 0.6 is 11.6 Å². The minimum Gasteiger partial charge on any atom is -0.373 e. The molecule has 0 aromatic carbocycles. The average Bonchev–Trinajstić information content (AvgIpc) is 2.92. The van der Waals surface area contributed by atoms with Crippen LogP contribution in [0.1, 0.15) is 32.1 Å². The van der Waals surface area contributed by atoms with E-state index in [1.807, 2.05) is 13.8 Å². The summed E-state index contributed by atoms with van der Waals surface area (Å²) >= 11 is 6.04.